The molecule has 1 aliphatic heterocycles. The molecule has 1 aliphatic rings. The predicted molar refractivity (Wildman–Crippen MR) is 131 cm³/mol. The molecule has 6 nitrogen and oxygen atoms in total. The van der Waals surface area contributed by atoms with Gasteiger partial charge in [0, 0.05) is 32.2 Å². The van der Waals surface area contributed by atoms with Gasteiger partial charge in [0.25, 0.3) is 5.91 Å². The van der Waals surface area contributed by atoms with E-state index in [-0.39, 0.29) is 47.9 Å². The van der Waals surface area contributed by atoms with E-state index in [4.69, 9.17) is 4.74 Å². The highest BCUT2D eigenvalue weighted by Crippen LogP contribution is 2.25. The molecule has 0 saturated carbocycles. The van der Waals surface area contributed by atoms with Crippen molar-refractivity contribution in [1.29, 1.82) is 0 Å². The average Bonchev–Trinajstić information content (AvgIpc) is 2.75. The molecular formula is C23H30FIN4O2. The number of hydrogen-bond donors (Lipinski definition) is 2. The van der Waals surface area contributed by atoms with Gasteiger partial charge in [-0.3, -0.25) is 9.79 Å². The zero-order valence-electron chi connectivity index (χ0n) is 18.1. The Balaban J connectivity index is 0.00000341. The summed E-state index contributed by atoms with van der Waals surface area (Å²) in [6.45, 7) is 6.39. The Hall–Kier alpha value is -2.20. The predicted octanol–water partition coefficient (Wildman–Crippen LogP) is 3.73. The monoisotopic (exact) mass is 540 g/mol. The number of ether oxygens (including phenoxy) is 1. The van der Waals surface area contributed by atoms with Gasteiger partial charge < -0.3 is 20.3 Å². The maximum absolute atomic E-state index is 13.3. The van der Waals surface area contributed by atoms with E-state index in [9.17, 15) is 9.18 Å². The number of nitrogens with zero attached hydrogens (tertiary/aromatic N) is 2. The van der Waals surface area contributed by atoms with Crippen LogP contribution in [-0.2, 0) is 11.3 Å². The second-order valence-corrected chi connectivity index (χ2v) is 7.35. The number of benzene rings is 2. The molecule has 0 aliphatic carbocycles. The SMILES string of the molecule is CCNC(=O)c1cccc(CNC(=NC)N2CC(C)OC(c3ccc(F)cc3)C2)c1.I. The lowest BCUT2D eigenvalue weighted by atomic mass is 10.1. The molecule has 0 spiro atoms. The topological polar surface area (TPSA) is 66.0 Å². The van der Waals surface area contributed by atoms with Gasteiger partial charge in [-0.05, 0) is 49.2 Å². The minimum atomic E-state index is -0.258. The maximum Gasteiger partial charge on any atom is 0.251 e. The van der Waals surface area contributed by atoms with Gasteiger partial charge in [-0.2, -0.15) is 0 Å². The molecule has 1 heterocycles. The van der Waals surface area contributed by atoms with Gasteiger partial charge in [0.05, 0.1) is 12.6 Å². The largest absolute Gasteiger partial charge is 0.367 e. The average molecular weight is 540 g/mol. The van der Waals surface area contributed by atoms with Crippen LogP contribution >= 0.6 is 24.0 Å². The highest BCUT2D eigenvalue weighted by molar-refractivity contribution is 14.0. The molecule has 1 saturated heterocycles. The molecule has 31 heavy (non-hydrogen) atoms. The van der Waals surface area contributed by atoms with Crippen molar-refractivity contribution in [3.8, 4) is 0 Å². The summed E-state index contributed by atoms with van der Waals surface area (Å²) in [7, 11) is 1.75. The third-order valence-corrected chi connectivity index (χ3v) is 4.99. The summed E-state index contributed by atoms with van der Waals surface area (Å²) in [6.07, 6.45) is -0.151. The van der Waals surface area contributed by atoms with Crippen LogP contribution in [0.5, 0.6) is 0 Å². The van der Waals surface area contributed by atoms with Crippen molar-refractivity contribution in [3.63, 3.8) is 0 Å². The van der Waals surface area contributed by atoms with Crippen LogP contribution < -0.4 is 10.6 Å². The summed E-state index contributed by atoms with van der Waals surface area (Å²) in [6, 6.07) is 14.0. The molecule has 3 rings (SSSR count). The third kappa shape index (κ3) is 6.90. The van der Waals surface area contributed by atoms with E-state index in [0.29, 0.717) is 31.7 Å². The minimum Gasteiger partial charge on any atom is -0.367 e. The summed E-state index contributed by atoms with van der Waals surface area (Å²) in [5, 5.41) is 6.20. The van der Waals surface area contributed by atoms with Crippen molar-refractivity contribution in [2.45, 2.75) is 32.6 Å². The van der Waals surface area contributed by atoms with Crippen molar-refractivity contribution in [2.75, 3.05) is 26.7 Å². The molecule has 1 amide bonds. The Bertz CT molecular complexity index is 891. The van der Waals surface area contributed by atoms with Gasteiger partial charge in [-0.25, -0.2) is 4.39 Å². The van der Waals surface area contributed by atoms with Gasteiger partial charge >= 0.3 is 0 Å². The minimum absolute atomic E-state index is 0. The molecule has 2 unspecified atom stereocenters. The van der Waals surface area contributed by atoms with Crippen LogP contribution in [0.1, 0.15) is 41.4 Å². The zero-order valence-corrected chi connectivity index (χ0v) is 20.4. The fourth-order valence-corrected chi connectivity index (χ4v) is 3.58. The summed E-state index contributed by atoms with van der Waals surface area (Å²) >= 11 is 0. The number of halogens is 2. The molecule has 2 atom stereocenters. The normalized spacial score (nSPS) is 18.8. The molecule has 0 radical (unpaired) electrons. The number of carbonyl (C=O) groups is 1. The van der Waals surface area contributed by atoms with E-state index in [2.05, 4.69) is 20.5 Å². The number of hydrogen-bond acceptors (Lipinski definition) is 3. The van der Waals surface area contributed by atoms with Crippen LogP contribution in [0.3, 0.4) is 0 Å². The van der Waals surface area contributed by atoms with Crippen LogP contribution in [-0.4, -0.2) is 49.6 Å². The smallest absolute Gasteiger partial charge is 0.251 e. The summed E-state index contributed by atoms with van der Waals surface area (Å²) in [5.74, 6) is 0.431. The van der Waals surface area contributed by atoms with Crippen LogP contribution in [0.25, 0.3) is 0 Å². The van der Waals surface area contributed by atoms with Gasteiger partial charge in [-0.1, -0.05) is 24.3 Å². The molecule has 2 aromatic rings. The molecule has 2 N–H and O–H groups in total. The maximum atomic E-state index is 13.3. The van der Waals surface area contributed by atoms with E-state index < -0.39 is 0 Å². The molecule has 8 heteroatoms. The molecule has 2 aromatic carbocycles. The Morgan fingerprint density at radius 1 is 1.19 bits per heavy atom. The van der Waals surface area contributed by atoms with Crippen molar-refractivity contribution < 1.29 is 13.9 Å². The highest BCUT2D eigenvalue weighted by Gasteiger charge is 2.28. The van der Waals surface area contributed by atoms with Crippen LogP contribution in [0.2, 0.25) is 0 Å². The summed E-state index contributed by atoms with van der Waals surface area (Å²) < 4.78 is 19.3. The van der Waals surface area contributed by atoms with Crippen molar-refractivity contribution >= 4 is 35.8 Å². The number of carbonyl (C=O) groups excluding carboxylic acids is 1. The lowest BCUT2D eigenvalue weighted by Crippen LogP contribution is -2.50. The highest BCUT2D eigenvalue weighted by atomic mass is 127. The van der Waals surface area contributed by atoms with Crippen molar-refractivity contribution in [2.24, 2.45) is 4.99 Å². The second kappa shape index (κ2) is 12.0. The number of guanidine groups is 1. The van der Waals surface area contributed by atoms with E-state index in [1.165, 1.54) is 12.1 Å². The lowest BCUT2D eigenvalue weighted by molar-refractivity contribution is -0.0605. The first-order valence-corrected chi connectivity index (χ1v) is 10.2. The van der Waals surface area contributed by atoms with Crippen LogP contribution in [0.15, 0.2) is 53.5 Å². The molecule has 168 valence electrons. The van der Waals surface area contributed by atoms with Gasteiger partial charge in [0.2, 0.25) is 0 Å². The molecular weight excluding hydrogens is 510 g/mol. The van der Waals surface area contributed by atoms with E-state index in [0.717, 1.165) is 17.1 Å². The first-order chi connectivity index (χ1) is 14.5. The third-order valence-electron chi connectivity index (χ3n) is 4.99. The van der Waals surface area contributed by atoms with E-state index in [1.54, 1.807) is 25.2 Å². The Kier molecular flexibility index (Phi) is 9.70. The molecule has 0 aromatic heterocycles. The van der Waals surface area contributed by atoms with E-state index in [1.807, 2.05) is 32.0 Å². The summed E-state index contributed by atoms with van der Waals surface area (Å²) in [5.41, 5.74) is 2.58. The van der Waals surface area contributed by atoms with Gasteiger partial charge in [0.1, 0.15) is 11.9 Å². The van der Waals surface area contributed by atoms with Gasteiger partial charge in [0.15, 0.2) is 5.96 Å². The Morgan fingerprint density at radius 2 is 1.94 bits per heavy atom. The Labute approximate surface area is 200 Å². The number of amides is 1. The van der Waals surface area contributed by atoms with Crippen LogP contribution in [0.4, 0.5) is 4.39 Å². The van der Waals surface area contributed by atoms with E-state index >= 15 is 0 Å². The molecule has 1 fully saturated rings. The quantitative estimate of drug-likeness (QED) is 0.345. The van der Waals surface area contributed by atoms with Crippen molar-refractivity contribution in [1.82, 2.24) is 15.5 Å². The number of nitrogens with one attached hydrogen (secondary N) is 2. The fraction of sp³-hybridized carbons (Fsp3) is 0.391. The number of rotatable bonds is 5. The number of morpholine rings is 1. The zero-order chi connectivity index (χ0) is 21.5. The first kappa shape index (κ1) is 25.1. The fourth-order valence-electron chi connectivity index (χ4n) is 3.58. The number of aliphatic imine (C=N–C) groups is 1. The van der Waals surface area contributed by atoms with Gasteiger partial charge in [-0.15, -0.1) is 24.0 Å². The Morgan fingerprint density at radius 3 is 2.61 bits per heavy atom. The second-order valence-electron chi connectivity index (χ2n) is 7.35. The van der Waals surface area contributed by atoms with Crippen LogP contribution in [0, 0.1) is 5.82 Å². The standard InChI is InChI=1S/C23H29FN4O2.HI/c1-4-26-22(29)19-7-5-6-17(12-19)13-27-23(25-3)28-14-16(2)30-21(15-28)18-8-10-20(24)11-9-18;/h5-12,16,21H,4,13-15H2,1-3H3,(H,25,27)(H,26,29);1H. The lowest BCUT2D eigenvalue weighted by Gasteiger charge is -2.38. The molecule has 0 bridgehead atoms. The van der Waals surface area contributed by atoms with Crippen molar-refractivity contribution in [3.05, 3.63) is 71.0 Å². The summed E-state index contributed by atoms with van der Waals surface area (Å²) in [4.78, 5) is 18.6. The first-order valence-electron chi connectivity index (χ1n) is 10.2.